The maximum Gasteiger partial charge on any atom is 0.243 e. The molecule has 1 aliphatic heterocycles. The topological polar surface area (TPSA) is 109 Å². The minimum atomic E-state index is -3.76. The Labute approximate surface area is 232 Å². The van der Waals surface area contributed by atoms with Gasteiger partial charge in [-0.1, -0.05) is 42.0 Å². The number of azo groups is 1. The van der Waals surface area contributed by atoms with Crippen molar-refractivity contribution in [3.8, 4) is 5.88 Å². The molecule has 9 nitrogen and oxygen atoms in total. The number of rotatable bonds is 6. The minimum absolute atomic E-state index is 0.108. The molecule has 1 fully saturated rings. The molecule has 0 atom stereocenters. The van der Waals surface area contributed by atoms with Gasteiger partial charge < -0.3 is 19.7 Å². The third-order valence-electron chi connectivity index (χ3n) is 6.56. The molecule has 11 heteroatoms. The molecular formula is C28H29N5O4S2. The maximum absolute atomic E-state index is 13.4. The molecule has 39 heavy (non-hydrogen) atoms. The van der Waals surface area contributed by atoms with Crippen LogP contribution in [-0.2, 0) is 21.3 Å². The second kappa shape index (κ2) is 11.2. The van der Waals surface area contributed by atoms with Crippen LogP contribution in [0.3, 0.4) is 0 Å². The lowest BCUT2D eigenvalue weighted by atomic mass is 10.1. The predicted octanol–water partition coefficient (Wildman–Crippen LogP) is 5.51. The minimum Gasteiger partial charge on any atom is -0.493 e. The number of aromatic nitrogens is 1. The summed E-state index contributed by atoms with van der Waals surface area (Å²) in [5, 5.41) is 23.3. The summed E-state index contributed by atoms with van der Waals surface area (Å²) in [6.45, 7) is 5.60. The van der Waals surface area contributed by atoms with Crippen molar-refractivity contribution in [1.29, 1.82) is 0 Å². The number of anilines is 1. The van der Waals surface area contributed by atoms with E-state index in [-0.39, 0.29) is 34.7 Å². The predicted molar refractivity (Wildman–Crippen MR) is 155 cm³/mol. The summed E-state index contributed by atoms with van der Waals surface area (Å²) in [7, 11) is -3.76. The van der Waals surface area contributed by atoms with Crippen LogP contribution in [0.5, 0.6) is 5.88 Å². The second-order valence-electron chi connectivity index (χ2n) is 9.44. The number of sulfonamides is 1. The number of ether oxygens (including phenoxy) is 1. The summed E-state index contributed by atoms with van der Waals surface area (Å²) in [5.74, 6) is -0.131. The van der Waals surface area contributed by atoms with E-state index in [4.69, 9.17) is 17.0 Å². The van der Waals surface area contributed by atoms with Crippen molar-refractivity contribution in [3.63, 3.8) is 0 Å². The summed E-state index contributed by atoms with van der Waals surface area (Å²) in [4.78, 5) is 0.112. The van der Waals surface area contributed by atoms with Crippen LogP contribution < -0.4 is 5.32 Å². The number of aryl methyl sites for hydroxylation is 2. The van der Waals surface area contributed by atoms with E-state index in [0.29, 0.717) is 30.7 Å². The third kappa shape index (κ3) is 5.86. The molecule has 0 unspecified atom stereocenters. The largest absolute Gasteiger partial charge is 0.493 e. The first-order chi connectivity index (χ1) is 18.7. The molecule has 1 saturated heterocycles. The summed E-state index contributed by atoms with van der Waals surface area (Å²) < 4.78 is 35.2. The summed E-state index contributed by atoms with van der Waals surface area (Å²) >= 11 is 5.36. The molecule has 0 saturated carbocycles. The van der Waals surface area contributed by atoms with E-state index >= 15 is 0 Å². The molecule has 0 aliphatic carbocycles. The van der Waals surface area contributed by atoms with Crippen LogP contribution in [0.2, 0.25) is 0 Å². The Morgan fingerprint density at radius 2 is 1.77 bits per heavy atom. The zero-order chi connectivity index (χ0) is 27.6. The molecule has 0 bridgehead atoms. The van der Waals surface area contributed by atoms with Gasteiger partial charge in [-0.25, -0.2) is 8.42 Å². The van der Waals surface area contributed by atoms with Crippen LogP contribution in [-0.4, -0.2) is 53.8 Å². The van der Waals surface area contributed by atoms with Gasteiger partial charge in [0.2, 0.25) is 21.0 Å². The van der Waals surface area contributed by atoms with Gasteiger partial charge in [-0.15, -0.1) is 10.2 Å². The molecule has 0 spiro atoms. The number of thiocarbonyl (C=S) groups is 1. The quantitative estimate of drug-likeness (QED) is 0.236. The molecule has 3 aromatic carbocycles. The average molecular weight is 564 g/mol. The highest BCUT2D eigenvalue weighted by molar-refractivity contribution is 7.89. The van der Waals surface area contributed by atoms with Gasteiger partial charge in [0.05, 0.1) is 30.2 Å². The Kier molecular flexibility index (Phi) is 7.76. The van der Waals surface area contributed by atoms with Crippen molar-refractivity contribution in [2.45, 2.75) is 25.3 Å². The Morgan fingerprint density at radius 1 is 1.03 bits per heavy atom. The van der Waals surface area contributed by atoms with Crippen LogP contribution in [0, 0.1) is 13.8 Å². The maximum atomic E-state index is 13.4. The molecule has 2 heterocycles. The zero-order valence-electron chi connectivity index (χ0n) is 21.7. The van der Waals surface area contributed by atoms with Crippen LogP contribution in [0.1, 0.15) is 16.7 Å². The molecule has 202 valence electrons. The van der Waals surface area contributed by atoms with Crippen LogP contribution in [0.15, 0.2) is 81.9 Å². The lowest BCUT2D eigenvalue weighted by molar-refractivity contribution is 0.0730. The molecule has 2 N–H and O–H groups in total. The Bertz CT molecular complexity index is 1660. The summed E-state index contributed by atoms with van der Waals surface area (Å²) in [6.07, 6.45) is 0. The molecule has 1 aromatic heterocycles. The van der Waals surface area contributed by atoms with E-state index in [1.807, 2.05) is 62.4 Å². The molecule has 5 rings (SSSR count). The smallest absolute Gasteiger partial charge is 0.243 e. The SMILES string of the molecule is Cc1ccc(Cn2c(O)c(N=NC(=S)Nc3cccc(C)c3)c3cc(S(=O)(=O)N4CCOCC4)ccc32)cc1. The zero-order valence-corrected chi connectivity index (χ0v) is 23.3. The van der Waals surface area contributed by atoms with E-state index in [2.05, 4.69) is 15.5 Å². The number of hydrogen-bond donors (Lipinski definition) is 2. The lowest BCUT2D eigenvalue weighted by Gasteiger charge is -2.26. The van der Waals surface area contributed by atoms with Crippen LogP contribution in [0.25, 0.3) is 10.9 Å². The summed E-state index contributed by atoms with van der Waals surface area (Å²) in [6, 6.07) is 20.4. The van der Waals surface area contributed by atoms with Crippen molar-refractivity contribution in [1.82, 2.24) is 8.87 Å². The number of hydrogen-bond acceptors (Lipinski definition) is 6. The highest BCUT2D eigenvalue weighted by atomic mass is 32.2. The van der Waals surface area contributed by atoms with Gasteiger partial charge in [0.25, 0.3) is 0 Å². The fourth-order valence-electron chi connectivity index (χ4n) is 4.50. The Morgan fingerprint density at radius 3 is 2.49 bits per heavy atom. The number of fused-ring (bicyclic) bond motifs is 1. The van der Waals surface area contributed by atoms with Crippen LogP contribution in [0.4, 0.5) is 11.4 Å². The molecular weight excluding hydrogens is 534 g/mol. The van der Waals surface area contributed by atoms with Gasteiger partial charge in [-0.05, 0) is 67.5 Å². The average Bonchev–Trinajstić information content (AvgIpc) is 3.19. The van der Waals surface area contributed by atoms with Crippen molar-refractivity contribution in [2.24, 2.45) is 10.2 Å². The first-order valence-corrected chi connectivity index (χ1v) is 14.4. The van der Waals surface area contributed by atoms with Gasteiger partial charge in [0.15, 0.2) is 5.69 Å². The fourth-order valence-corrected chi connectivity index (χ4v) is 6.09. The number of aromatic hydroxyl groups is 1. The van der Waals surface area contributed by atoms with E-state index in [1.54, 1.807) is 16.7 Å². The van der Waals surface area contributed by atoms with Gasteiger partial charge in [0.1, 0.15) is 0 Å². The normalized spacial score (nSPS) is 14.7. The van der Waals surface area contributed by atoms with Gasteiger partial charge in [-0.2, -0.15) is 4.31 Å². The fraction of sp³-hybridized carbons (Fsp3) is 0.250. The highest BCUT2D eigenvalue weighted by Crippen LogP contribution is 2.41. The van der Waals surface area contributed by atoms with Crippen molar-refractivity contribution in [3.05, 3.63) is 83.4 Å². The van der Waals surface area contributed by atoms with E-state index in [0.717, 1.165) is 22.4 Å². The molecule has 1 aliphatic rings. The van der Waals surface area contributed by atoms with Gasteiger partial charge in [-0.3, -0.25) is 0 Å². The van der Waals surface area contributed by atoms with E-state index in [9.17, 15) is 13.5 Å². The Balaban J connectivity index is 1.55. The molecule has 0 amide bonds. The van der Waals surface area contributed by atoms with Crippen LogP contribution >= 0.6 is 12.2 Å². The number of benzene rings is 3. The van der Waals surface area contributed by atoms with Crippen molar-refractivity contribution >= 4 is 49.6 Å². The van der Waals surface area contributed by atoms with Gasteiger partial charge in [0, 0.05) is 24.2 Å². The molecule has 0 radical (unpaired) electrons. The van der Waals surface area contributed by atoms with Gasteiger partial charge >= 0.3 is 0 Å². The first-order valence-electron chi connectivity index (χ1n) is 12.5. The van der Waals surface area contributed by atoms with E-state index in [1.165, 1.54) is 10.4 Å². The number of nitrogens with one attached hydrogen (secondary N) is 1. The first kappa shape index (κ1) is 26.9. The van der Waals surface area contributed by atoms with Crippen molar-refractivity contribution < 1.29 is 18.3 Å². The standard InChI is InChI=1S/C28H29N5O4S2/c1-19-6-8-21(9-7-19)18-33-25-11-10-23(39(35,36)32-12-14-37-15-13-32)17-24(25)26(27(33)34)30-31-28(38)29-22-5-3-4-20(2)16-22/h3-11,16-17,34H,12-15,18H2,1-2H3,(H,29,38). The third-order valence-corrected chi connectivity index (χ3v) is 8.64. The summed E-state index contributed by atoms with van der Waals surface area (Å²) in [5.41, 5.74) is 4.69. The molecule has 4 aromatic rings. The highest BCUT2D eigenvalue weighted by Gasteiger charge is 2.28. The lowest BCUT2D eigenvalue weighted by Crippen LogP contribution is -2.40. The second-order valence-corrected chi connectivity index (χ2v) is 11.8. The monoisotopic (exact) mass is 563 g/mol. The Hall–Kier alpha value is -3.64. The van der Waals surface area contributed by atoms with Crippen molar-refractivity contribution in [2.75, 3.05) is 31.6 Å². The number of morpholine rings is 1. The van der Waals surface area contributed by atoms with E-state index < -0.39 is 10.0 Å². The number of nitrogens with zero attached hydrogens (tertiary/aromatic N) is 4.